The fourth-order valence-electron chi connectivity index (χ4n) is 1.58. The number of fused-ring (bicyclic) bond motifs is 1. The van der Waals surface area contributed by atoms with E-state index in [4.69, 9.17) is 15.9 Å². The minimum absolute atomic E-state index is 0.0835. The fraction of sp³-hybridized carbons (Fsp3) is 0.182. The fourth-order valence-corrected chi connectivity index (χ4v) is 1.58. The van der Waals surface area contributed by atoms with E-state index < -0.39 is 0 Å². The van der Waals surface area contributed by atoms with Crippen molar-refractivity contribution in [3.63, 3.8) is 0 Å². The average Bonchev–Trinajstić information content (AvgIpc) is 2.24. The van der Waals surface area contributed by atoms with Crippen molar-refractivity contribution in [1.29, 1.82) is 0 Å². The van der Waals surface area contributed by atoms with E-state index in [0.717, 1.165) is 0 Å². The highest BCUT2D eigenvalue weighted by atomic mass is 16.3. The summed E-state index contributed by atoms with van der Waals surface area (Å²) in [6, 6.07) is 7.04. The highest BCUT2D eigenvalue weighted by Crippen LogP contribution is 2.16. The number of nitrogen functional groups attached to an aromatic ring is 1. The van der Waals surface area contributed by atoms with E-state index in [1.54, 1.807) is 24.3 Å². The van der Waals surface area contributed by atoms with Crippen molar-refractivity contribution in [2.75, 3.05) is 12.3 Å². The molecule has 1 heterocycles. The molecule has 0 spiro atoms. The van der Waals surface area contributed by atoms with Crippen LogP contribution in [0.4, 0.5) is 5.88 Å². The van der Waals surface area contributed by atoms with Gasteiger partial charge in [-0.05, 0) is 25.1 Å². The van der Waals surface area contributed by atoms with Crippen LogP contribution in [0.15, 0.2) is 33.5 Å². The van der Waals surface area contributed by atoms with Crippen molar-refractivity contribution in [2.24, 2.45) is 5.73 Å². The summed E-state index contributed by atoms with van der Waals surface area (Å²) in [6.07, 6.45) is 0.443. The molecule has 0 atom stereocenters. The lowest BCUT2D eigenvalue weighted by molar-refractivity contribution is 0.615. The number of nitrogens with two attached hydrogens (primary N) is 2. The molecule has 1 aromatic heterocycles. The topological polar surface area (TPSA) is 82.2 Å². The Labute approximate surface area is 86.5 Å². The summed E-state index contributed by atoms with van der Waals surface area (Å²) in [7, 11) is 0. The SMILES string of the molecule is NCCc1c(N)oc2ccccc2c1=O. The molecular formula is C11H12N2O2. The maximum Gasteiger partial charge on any atom is 0.198 e. The normalized spacial score (nSPS) is 10.7. The van der Waals surface area contributed by atoms with Gasteiger partial charge in [-0.25, -0.2) is 0 Å². The first-order valence-electron chi connectivity index (χ1n) is 4.74. The van der Waals surface area contributed by atoms with Crippen LogP contribution in [0.1, 0.15) is 5.56 Å². The Balaban J connectivity index is 2.78. The summed E-state index contributed by atoms with van der Waals surface area (Å²) >= 11 is 0. The van der Waals surface area contributed by atoms with Crippen LogP contribution >= 0.6 is 0 Å². The standard InChI is InChI=1S/C11H12N2O2/c12-6-5-8-10(14)7-3-1-2-4-9(7)15-11(8)13/h1-4H,5-6,12-13H2. The molecule has 78 valence electrons. The van der Waals surface area contributed by atoms with E-state index in [-0.39, 0.29) is 11.3 Å². The second-order valence-corrected chi connectivity index (χ2v) is 3.31. The molecule has 15 heavy (non-hydrogen) atoms. The molecule has 4 heteroatoms. The van der Waals surface area contributed by atoms with Gasteiger partial charge in [-0.3, -0.25) is 4.79 Å². The van der Waals surface area contributed by atoms with E-state index in [1.165, 1.54) is 0 Å². The molecule has 2 aromatic rings. The maximum absolute atomic E-state index is 11.9. The molecule has 0 bridgehead atoms. The first-order chi connectivity index (χ1) is 7.24. The predicted molar refractivity (Wildman–Crippen MR) is 59.7 cm³/mol. The van der Waals surface area contributed by atoms with E-state index >= 15 is 0 Å². The zero-order valence-electron chi connectivity index (χ0n) is 8.19. The molecule has 1 aromatic carbocycles. The largest absolute Gasteiger partial charge is 0.440 e. The molecule has 0 aliphatic rings. The Morgan fingerprint density at radius 2 is 2.00 bits per heavy atom. The number of para-hydroxylation sites is 1. The Bertz CT molecular complexity index is 546. The van der Waals surface area contributed by atoms with Crippen LogP contribution in [0.25, 0.3) is 11.0 Å². The second-order valence-electron chi connectivity index (χ2n) is 3.31. The van der Waals surface area contributed by atoms with Crippen LogP contribution in [0, 0.1) is 0 Å². The van der Waals surface area contributed by atoms with Crippen LogP contribution in [0.2, 0.25) is 0 Å². The Hall–Kier alpha value is -1.81. The summed E-state index contributed by atoms with van der Waals surface area (Å²) in [5, 5.41) is 0.551. The van der Waals surface area contributed by atoms with Crippen LogP contribution in [-0.2, 0) is 6.42 Å². The molecule has 0 saturated carbocycles. The van der Waals surface area contributed by atoms with E-state index in [9.17, 15) is 4.79 Å². The monoisotopic (exact) mass is 204 g/mol. The van der Waals surface area contributed by atoms with Crippen molar-refractivity contribution in [2.45, 2.75) is 6.42 Å². The van der Waals surface area contributed by atoms with Gasteiger partial charge >= 0.3 is 0 Å². The van der Waals surface area contributed by atoms with Gasteiger partial charge in [0.05, 0.1) is 10.9 Å². The van der Waals surface area contributed by atoms with Crippen LogP contribution in [-0.4, -0.2) is 6.54 Å². The average molecular weight is 204 g/mol. The van der Waals surface area contributed by atoms with Gasteiger partial charge in [0.1, 0.15) is 5.58 Å². The maximum atomic E-state index is 11.9. The Morgan fingerprint density at radius 1 is 1.27 bits per heavy atom. The number of benzene rings is 1. The first-order valence-corrected chi connectivity index (χ1v) is 4.74. The number of hydrogen-bond donors (Lipinski definition) is 2. The summed E-state index contributed by atoms with van der Waals surface area (Å²) in [5.41, 5.74) is 12.0. The molecule has 0 aliphatic heterocycles. The molecule has 0 saturated heterocycles. The van der Waals surface area contributed by atoms with Crippen molar-refractivity contribution in [3.05, 3.63) is 40.1 Å². The zero-order chi connectivity index (χ0) is 10.8. The van der Waals surface area contributed by atoms with Crippen molar-refractivity contribution in [1.82, 2.24) is 0 Å². The molecule has 0 unspecified atom stereocenters. The van der Waals surface area contributed by atoms with Crippen LogP contribution in [0.3, 0.4) is 0 Å². The summed E-state index contributed by atoms with van der Waals surface area (Å²) in [5.74, 6) is 0.171. The van der Waals surface area contributed by atoms with Gasteiger partial charge in [0.15, 0.2) is 11.3 Å². The minimum Gasteiger partial charge on any atom is -0.440 e. The highest BCUT2D eigenvalue weighted by molar-refractivity contribution is 5.78. The number of anilines is 1. The summed E-state index contributed by atoms with van der Waals surface area (Å²) < 4.78 is 5.35. The quantitative estimate of drug-likeness (QED) is 0.760. The first kappa shape index (κ1) is 9.73. The van der Waals surface area contributed by atoms with Crippen molar-refractivity contribution < 1.29 is 4.42 Å². The molecule has 0 fully saturated rings. The lowest BCUT2D eigenvalue weighted by Gasteiger charge is -2.04. The predicted octanol–water partition coefficient (Wildman–Crippen LogP) is 0.876. The van der Waals surface area contributed by atoms with Crippen LogP contribution < -0.4 is 16.9 Å². The summed E-state index contributed by atoms with van der Waals surface area (Å²) in [4.78, 5) is 11.9. The zero-order valence-corrected chi connectivity index (χ0v) is 8.19. The Kier molecular flexibility index (Phi) is 2.43. The van der Waals surface area contributed by atoms with Gasteiger partial charge in [0.2, 0.25) is 0 Å². The molecule has 2 rings (SSSR count). The van der Waals surface area contributed by atoms with E-state index in [0.29, 0.717) is 29.5 Å². The molecule has 4 nitrogen and oxygen atoms in total. The van der Waals surface area contributed by atoms with E-state index in [2.05, 4.69) is 0 Å². The number of rotatable bonds is 2. The third kappa shape index (κ3) is 1.59. The molecule has 0 radical (unpaired) electrons. The molecule has 0 aliphatic carbocycles. The minimum atomic E-state index is -0.0835. The van der Waals surface area contributed by atoms with Gasteiger partial charge in [-0.1, -0.05) is 12.1 Å². The van der Waals surface area contributed by atoms with Crippen molar-refractivity contribution in [3.8, 4) is 0 Å². The van der Waals surface area contributed by atoms with Crippen LogP contribution in [0.5, 0.6) is 0 Å². The smallest absolute Gasteiger partial charge is 0.198 e. The van der Waals surface area contributed by atoms with E-state index in [1.807, 2.05) is 0 Å². The van der Waals surface area contributed by atoms with Gasteiger partial charge in [-0.15, -0.1) is 0 Å². The third-order valence-electron chi connectivity index (χ3n) is 2.32. The molecule has 4 N–H and O–H groups in total. The third-order valence-corrected chi connectivity index (χ3v) is 2.32. The Morgan fingerprint density at radius 3 is 2.73 bits per heavy atom. The lowest BCUT2D eigenvalue weighted by Crippen LogP contribution is -2.16. The number of hydrogen-bond acceptors (Lipinski definition) is 4. The van der Waals surface area contributed by atoms with Gasteiger partial charge in [-0.2, -0.15) is 0 Å². The molecule has 0 amide bonds. The summed E-state index contributed by atoms with van der Waals surface area (Å²) in [6.45, 7) is 0.382. The van der Waals surface area contributed by atoms with Gasteiger partial charge in [0, 0.05) is 0 Å². The van der Waals surface area contributed by atoms with Gasteiger partial charge < -0.3 is 15.9 Å². The van der Waals surface area contributed by atoms with Gasteiger partial charge in [0.25, 0.3) is 0 Å². The second kappa shape index (κ2) is 3.74. The highest BCUT2D eigenvalue weighted by Gasteiger charge is 2.10. The van der Waals surface area contributed by atoms with Crippen molar-refractivity contribution >= 4 is 16.9 Å². The lowest BCUT2D eigenvalue weighted by atomic mass is 10.1. The molecular weight excluding hydrogens is 192 g/mol.